The molecule has 44 heavy (non-hydrogen) atoms. The number of carboxylic acid groups (broad SMARTS) is 2. The van der Waals surface area contributed by atoms with Gasteiger partial charge < -0.3 is 30.0 Å². The molecule has 0 aliphatic carbocycles. The maximum absolute atomic E-state index is 13.3. The number of carboxylic acids is 2. The number of hydrogen-bond acceptors (Lipinski definition) is 7. The number of halogens is 3. The number of aliphatic hydroxyl groups is 1. The van der Waals surface area contributed by atoms with Gasteiger partial charge in [0.1, 0.15) is 5.58 Å². The number of benzene rings is 3. The quantitative estimate of drug-likeness (QED) is 0.205. The molecule has 1 fully saturated rings. The first-order valence-electron chi connectivity index (χ1n) is 13.6. The maximum atomic E-state index is 13.3. The van der Waals surface area contributed by atoms with Crippen molar-refractivity contribution in [3.05, 3.63) is 105 Å². The highest BCUT2D eigenvalue weighted by Crippen LogP contribution is 2.38. The summed E-state index contributed by atoms with van der Waals surface area (Å²) in [5.74, 6) is -3.31. The van der Waals surface area contributed by atoms with Crippen LogP contribution in [-0.2, 0) is 10.2 Å². The van der Waals surface area contributed by atoms with Crippen molar-refractivity contribution in [2.75, 3.05) is 29.9 Å². The normalized spacial score (nSPS) is 17.1. The SMILES string of the molecule is Cc1cc(C(C)Nc2ccccc2C(=O)O)c2oc(N3CCC(CO)(c4ccccc4)C3)cc(=O)c2c1.O=C(O)C(F)(F)F. The Bertz CT molecular complexity index is 1720. The summed E-state index contributed by atoms with van der Waals surface area (Å²) in [6.07, 6.45) is -4.35. The van der Waals surface area contributed by atoms with E-state index >= 15 is 0 Å². The fourth-order valence-electron chi connectivity index (χ4n) is 5.31. The second kappa shape index (κ2) is 12.8. The molecule has 5 rings (SSSR count). The predicted molar refractivity (Wildman–Crippen MR) is 158 cm³/mol. The van der Waals surface area contributed by atoms with Crippen molar-refractivity contribution >= 4 is 34.5 Å². The van der Waals surface area contributed by atoms with E-state index in [1.54, 1.807) is 24.3 Å². The molecule has 3 aromatic carbocycles. The average Bonchev–Trinajstić information content (AvgIpc) is 3.44. The molecule has 9 nitrogen and oxygen atoms in total. The smallest absolute Gasteiger partial charge is 0.478 e. The number of aryl methyl sites for hydroxylation is 1. The van der Waals surface area contributed by atoms with E-state index in [4.69, 9.17) is 14.3 Å². The van der Waals surface area contributed by atoms with Gasteiger partial charge in [-0.15, -0.1) is 0 Å². The minimum absolute atomic E-state index is 0.000286. The van der Waals surface area contributed by atoms with Gasteiger partial charge in [0.25, 0.3) is 0 Å². The zero-order valence-electron chi connectivity index (χ0n) is 23.9. The zero-order chi connectivity index (χ0) is 32.2. The second-order valence-electron chi connectivity index (χ2n) is 10.7. The predicted octanol–water partition coefficient (Wildman–Crippen LogP) is 5.75. The molecular weight excluding hydrogens is 581 g/mol. The summed E-state index contributed by atoms with van der Waals surface area (Å²) in [4.78, 5) is 35.9. The molecule has 1 saturated heterocycles. The monoisotopic (exact) mass is 612 g/mol. The van der Waals surface area contributed by atoms with E-state index in [-0.39, 0.29) is 23.6 Å². The number of fused-ring (bicyclic) bond motifs is 1. The molecule has 1 aliphatic heterocycles. The minimum Gasteiger partial charge on any atom is -0.478 e. The zero-order valence-corrected chi connectivity index (χ0v) is 23.9. The van der Waals surface area contributed by atoms with Crippen LogP contribution in [0.25, 0.3) is 11.0 Å². The molecule has 0 radical (unpaired) electrons. The fourth-order valence-corrected chi connectivity index (χ4v) is 5.31. The first-order valence-corrected chi connectivity index (χ1v) is 13.6. The van der Waals surface area contributed by atoms with Gasteiger partial charge in [-0.3, -0.25) is 4.79 Å². The average molecular weight is 613 g/mol. The van der Waals surface area contributed by atoms with Crippen molar-refractivity contribution in [1.82, 2.24) is 0 Å². The fraction of sp³-hybridized carbons (Fsp3) is 0.281. The van der Waals surface area contributed by atoms with Crippen LogP contribution < -0.4 is 15.6 Å². The van der Waals surface area contributed by atoms with Crippen LogP contribution in [0.1, 0.15) is 46.4 Å². The van der Waals surface area contributed by atoms with Crippen LogP contribution in [0.4, 0.5) is 24.7 Å². The van der Waals surface area contributed by atoms with Crippen molar-refractivity contribution in [3.8, 4) is 0 Å². The molecule has 1 aromatic heterocycles. The topological polar surface area (TPSA) is 140 Å². The third-order valence-corrected chi connectivity index (χ3v) is 7.58. The highest BCUT2D eigenvalue weighted by Gasteiger charge is 2.40. The molecule has 4 N–H and O–H groups in total. The number of nitrogens with zero attached hydrogens (tertiary/aromatic N) is 1. The highest BCUT2D eigenvalue weighted by molar-refractivity contribution is 5.94. The Morgan fingerprint density at radius 3 is 2.30 bits per heavy atom. The Hall–Kier alpha value is -4.84. The number of rotatable bonds is 7. The van der Waals surface area contributed by atoms with Gasteiger partial charge >= 0.3 is 18.1 Å². The van der Waals surface area contributed by atoms with E-state index in [0.29, 0.717) is 35.6 Å². The lowest BCUT2D eigenvalue weighted by Gasteiger charge is -2.28. The van der Waals surface area contributed by atoms with Crippen LogP contribution in [0, 0.1) is 6.92 Å². The first-order chi connectivity index (χ1) is 20.8. The van der Waals surface area contributed by atoms with Gasteiger partial charge in [0, 0.05) is 35.8 Å². The summed E-state index contributed by atoms with van der Waals surface area (Å²) in [7, 11) is 0. The van der Waals surface area contributed by atoms with Gasteiger partial charge in [0.05, 0.1) is 23.6 Å². The maximum Gasteiger partial charge on any atom is 0.490 e. The van der Waals surface area contributed by atoms with Crippen molar-refractivity contribution in [1.29, 1.82) is 0 Å². The number of hydrogen-bond donors (Lipinski definition) is 4. The second-order valence-corrected chi connectivity index (χ2v) is 10.7. The molecule has 2 heterocycles. The van der Waals surface area contributed by atoms with Crippen LogP contribution in [0.5, 0.6) is 0 Å². The number of anilines is 2. The number of aromatic carboxylic acids is 1. The summed E-state index contributed by atoms with van der Waals surface area (Å²) >= 11 is 0. The van der Waals surface area contributed by atoms with Gasteiger partial charge in [-0.1, -0.05) is 48.5 Å². The van der Waals surface area contributed by atoms with Crippen LogP contribution in [0.15, 0.2) is 82.0 Å². The number of alkyl halides is 3. The third kappa shape index (κ3) is 6.86. The summed E-state index contributed by atoms with van der Waals surface area (Å²) < 4.78 is 38.1. The molecular formula is C32H31F3N2O7. The lowest BCUT2D eigenvalue weighted by molar-refractivity contribution is -0.192. The number of nitrogens with one attached hydrogen (secondary N) is 1. The minimum atomic E-state index is -5.08. The Labute approximate surface area is 250 Å². The van der Waals surface area contributed by atoms with Crippen molar-refractivity contribution in [2.24, 2.45) is 0 Å². The Kier molecular flexibility index (Phi) is 9.33. The number of carbonyl (C=O) groups is 2. The molecule has 1 aliphatic rings. The summed E-state index contributed by atoms with van der Waals surface area (Å²) in [5.41, 5.74) is 3.31. The van der Waals surface area contributed by atoms with Gasteiger partial charge in [-0.2, -0.15) is 13.2 Å². The molecule has 0 spiro atoms. The van der Waals surface area contributed by atoms with Crippen LogP contribution in [-0.4, -0.2) is 53.1 Å². The van der Waals surface area contributed by atoms with Gasteiger partial charge in [0.15, 0.2) is 11.3 Å². The molecule has 0 bridgehead atoms. The molecule has 2 unspecified atom stereocenters. The number of aliphatic carboxylic acids is 1. The summed E-state index contributed by atoms with van der Waals surface area (Å²) in [6.45, 7) is 5.01. The number of para-hydroxylation sites is 1. The standard InChI is InChI=1S/C30H30N2O5.C2HF3O2/c1-19-14-23(20(2)31-25-11-7-6-10-22(25)29(35)36)28-24(15-19)26(34)16-27(37-28)32-13-12-30(17-32,18-33)21-8-4-3-5-9-21;3-2(4,5)1(6)7/h3-11,14-16,20,31,33H,12-13,17-18H2,1-2H3,(H,35,36);(H,6,7). The van der Waals surface area contributed by atoms with Gasteiger partial charge in [0.2, 0.25) is 0 Å². The van der Waals surface area contributed by atoms with Gasteiger partial charge in [-0.05, 0) is 49.6 Å². The highest BCUT2D eigenvalue weighted by atomic mass is 19.4. The molecule has 0 amide bonds. The largest absolute Gasteiger partial charge is 0.490 e. The van der Waals surface area contributed by atoms with Crippen LogP contribution in [0.2, 0.25) is 0 Å². The molecule has 2 atom stereocenters. The molecule has 12 heteroatoms. The van der Waals surface area contributed by atoms with Crippen molar-refractivity contribution < 1.29 is 42.5 Å². The Morgan fingerprint density at radius 2 is 1.68 bits per heavy atom. The molecule has 232 valence electrons. The van der Waals surface area contributed by atoms with Crippen LogP contribution in [0.3, 0.4) is 0 Å². The van der Waals surface area contributed by atoms with E-state index in [2.05, 4.69) is 5.32 Å². The number of aliphatic hydroxyl groups excluding tert-OH is 1. The third-order valence-electron chi connectivity index (χ3n) is 7.58. The van der Waals surface area contributed by atoms with Crippen LogP contribution >= 0.6 is 0 Å². The summed E-state index contributed by atoms with van der Waals surface area (Å²) in [6, 6.07) is 21.7. The van der Waals surface area contributed by atoms with E-state index in [9.17, 15) is 33.0 Å². The first kappa shape index (κ1) is 32.1. The van der Waals surface area contributed by atoms with Gasteiger partial charge in [-0.25, -0.2) is 9.59 Å². The van der Waals surface area contributed by atoms with Crippen molar-refractivity contribution in [3.63, 3.8) is 0 Å². The molecule has 0 saturated carbocycles. The van der Waals surface area contributed by atoms with E-state index in [0.717, 1.165) is 23.1 Å². The Morgan fingerprint density at radius 1 is 1.05 bits per heavy atom. The lowest BCUT2D eigenvalue weighted by atomic mass is 9.80. The molecule has 4 aromatic rings. The summed E-state index contributed by atoms with van der Waals surface area (Å²) in [5, 5.41) is 30.8. The lowest BCUT2D eigenvalue weighted by Crippen LogP contribution is -2.34. The van der Waals surface area contributed by atoms with Crippen molar-refractivity contribution in [2.45, 2.75) is 37.9 Å². The van der Waals surface area contributed by atoms with E-state index in [1.165, 1.54) is 6.07 Å². The Balaban J connectivity index is 0.000000566. The van der Waals surface area contributed by atoms with E-state index < -0.39 is 23.5 Å². The van der Waals surface area contributed by atoms with E-state index in [1.807, 2.05) is 61.2 Å².